The van der Waals surface area contributed by atoms with Crippen LogP contribution in [0.3, 0.4) is 0 Å². The van der Waals surface area contributed by atoms with E-state index in [1.165, 1.54) is 13.2 Å². The molecule has 1 fully saturated rings. The zero-order valence-corrected chi connectivity index (χ0v) is 18.9. The van der Waals surface area contributed by atoms with Crippen molar-refractivity contribution in [2.45, 2.75) is 31.1 Å². The minimum Gasteiger partial charge on any atom is -0.496 e. The van der Waals surface area contributed by atoms with Crippen LogP contribution in [0.15, 0.2) is 48.5 Å². The second-order valence-electron chi connectivity index (χ2n) is 8.20. The number of carbonyl (C=O) groups is 1. The molecule has 1 aromatic heterocycles. The van der Waals surface area contributed by atoms with Crippen LogP contribution in [-0.4, -0.2) is 69.0 Å². The highest BCUT2D eigenvalue weighted by Gasteiger charge is 2.38. The molecule has 0 saturated carbocycles. The first kappa shape index (κ1) is 24.6. The minimum absolute atomic E-state index is 0.0210. The highest BCUT2D eigenvalue weighted by molar-refractivity contribution is 5.77. The number of nitrogens with one attached hydrogen (secondary N) is 1. The quantitative estimate of drug-likeness (QED) is 0.523. The summed E-state index contributed by atoms with van der Waals surface area (Å²) in [5.41, 5.74) is 1.84. The number of benzene rings is 2. The fourth-order valence-corrected chi connectivity index (χ4v) is 4.37. The molecule has 1 amide bonds. The van der Waals surface area contributed by atoms with E-state index in [9.17, 15) is 23.1 Å². The minimum atomic E-state index is -4.70. The van der Waals surface area contributed by atoms with Gasteiger partial charge in [-0.25, -0.2) is 0 Å². The van der Waals surface area contributed by atoms with Crippen LogP contribution in [0.2, 0.25) is 0 Å². The van der Waals surface area contributed by atoms with Gasteiger partial charge in [-0.1, -0.05) is 30.3 Å². The van der Waals surface area contributed by atoms with E-state index in [-0.39, 0.29) is 23.6 Å². The summed E-state index contributed by atoms with van der Waals surface area (Å²) in [5, 5.41) is 22.6. The number of aromatic nitrogens is 4. The summed E-state index contributed by atoms with van der Waals surface area (Å²) in [7, 11) is 1.49. The van der Waals surface area contributed by atoms with E-state index in [0.29, 0.717) is 42.0 Å². The Balaban J connectivity index is 1.57. The molecule has 2 N–H and O–H groups in total. The number of aliphatic hydroxyl groups is 1. The lowest BCUT2D eigenvalue weighted by atomic mass is 9.85. The van der Waals surface area contributed by atoms with Crippen molar-refractivity contribution in [2.24, 2.45) is 0 Å². The van der Waals surface area contributed by atoms with Gasteiger partial charge in [-0.3, -0.25) is 4.79 Å². The number of halogens is 3. The van der Waals surface area contributed by atoms with Crippen molar-refractivity contribution >= 4 is 5.91 Å². The summed E-state index contributed by atoms with van der Waals surface area (Å²) in [6, 6.07) is 14.3. The van der Waals surface area contributed by atoms with Crippen molar-refractivity contribution in [3.05, 3.63) is 65.5 Å². The lowest BCUT2D eigenvalue weighted by Gasteiger charge is -2.39. The maximum absolute atomic E-state index is 13.3. The Kier molecular flexibility index (Phi) is 7.31. The van der Waals surface area contributed by atoms with Crippen molar-refractivity contribution in [1.29, 1.82) is 0 Å². The van der Waals surface area contributed by atoms with E-state index in [0.717, 1.165) is 5.56 Å². The largest absolute Gasteiger partial charge is 0.496 e. The predicted molar refractivity (Wildman–Crippen MR) is 119 cm³/mol. The van der Waals surface area contributed by atoms with Crippen LogP contribution < -0.4 is 10.1 Å². The van der Waals surface area contributed by atoms with Crippen molar-refractivity contribution in [3.8, 4) is 11.4 Å². The molecule has 186 valence electrons. The summed E-state index contributed by atoms with van der Waals surface area (Å²) in [4.78, 5) is 13.7. The average molecular weight is 490 g/mol. The molecule has 4 rings (SSSR count). The van der Waals surface area contributed by atoms with Crippen molar-refractivity contribution in [3.63, 3.8) is 0 Å². The molecular formula is C23H25F3N6O3. The number of alkyl halides is 3. The van der Waals surface area contributed by atoms with E-state index in [1.54, 1.807) is 17.0 Å². The monoisotopic (exact) mass is 490 g/mol. The smallest absolute Gasteiger partial charge is 0.453 e. The molecule has 0 unspecified atom stereocenters. The van der Waals surface area contributed by atoms with Crippen LogP contribution >= 0.6 is 0 Å². The summed E-state index contributed by atoms with van der Waals surface area (Å²) in [6.07, 6.45) is -4.07. The SMILES string of the molecule is COc1ccc(-n2nnnc2C(F)(F)F)cc1CN[C@@H]1CCN(C(=O)CO)C[C@@H]1c1ccccc1. The maximum Gasteiger partial charge on any atom is 0.453 e. The number of methoxy groups -OCH3 is 1. The Morgan fingerprint density at radius 3 is 2.69 bits per heavy atom. The van der Waals surface area contributed by atoms with Gasteiger partial charge < -0.3 is 20.1 Å². The number of piperidine rings is 1. The molecule has 2 atom stereocenters. The number of carbonyl (C=O) groups excluding carboxylic acids is 1. The van der Waals surface area contributed by atoms with Crippen LogP contribution in [0.5, 0.6) is 5.75 Å². The van der Waals surface area contributed by atoms with Gasteiger partial charge in [0, 0.05) is 37.2 Å². The van der Waals surface area contributed by atoms with Crippen molar-refractivity contribution in [2.75, 3.05) is 26.8 Å². The van der Waals surface area contributed by atoms with Crippen LogP contribution in [0, 0.1) is 0 Å². The molecule has 1 aliphatic heterocycles. The Labute approximate surface area is 199 Å². The third-order valence-corrected chi connectivity index (χ3v) is 6.11. The molecule has 0 spiro atoms. The zero-order valence-electron chi connectivity index (χ0n) is 18.9. The highest BCUT2D eigenvalue weighted by atomic mass is 19.4. The molecule has 2 aromatic carbocycles. The van der Waals surface area contributed by atoms with Crippen LogP contribution in [-0.2, 0) is 17.5 Å². The number of aliphatic hydroxyl groups excluding tert-OH is 1. The van der Waals surface area contributed by atoms with Crippen LogP contribution in [0.25, 0.3) is 5.69 Å². The second-order valence-corrected chi connectivity index (χ2v) is 8.20. The second kappa shape index (κ2) is 10.4. The van der Waals surface area contributed by atoms with Gasteiger partial charge in [0.25, 0.3) is 5.82 Å². The summed E-state index contributed by atoms with van der Waals surface area (Å²) >= 11 is 0. The van der Waals surface area contributed by atoms with Gasteiger partial charge in [0.2, 0.25) is 5.91 Å². The van der Waals surface area contributed by atoms with Crippen LogP contribution in [0.4, 0.5) is 13.2 Å². The summed E-state index contributed by atoms with van der Waals surface area (Å²) < 4.78 is 45.9. The molecule has 12 heteroatoms. The Morgan fingerprint density at radius 1 is 1.23 bits per heavy atom. The van der Waals surface area contributed by atoms with Gasteiger partial charge in [-0.05, 0) is 40.6 Å². The van der Waals surface area contributed by atoms with E-state index in [2.05, 4.69) is 20.8 Å². The molecule has 1 aliphatic rings. The number of hydrogen-bond acceptors (Lipinski definition) is 7. The van der Waals surface area contributed by atoms with Gasteiger partial charge >= 0.3 is 6.18 Å². The number of hydrogen-bond donors (Lipinski definition) is 2. The molecule has 3 aromatic rings. The van der Waals surface area contributed by atoms with E-state index >= 15 is 0 Å². The molecule has 0 aliphatic carbocycles. The average Bonchev–Trinajstić information content (AvgIpc) is 3.38. The third kappa shape index (κ3) is 5.43. The number of ether oxygens (including phenoxy) is 1. The number of nitrogens with zero attached hydrogens (tertiary/aromatic N) is 5. The van der Waals surface area contributed by atoms with Crippen molar-refractivity contribution in [1.82, 2.24) is 30.4 Å². The van der Waals surface area contributed by atoms with Gasteiger partial charge in [0.1, 0.15) is 12.4 Å². The van der Waals surface area contributed by atoms with E-state index in [4.69, 9.17) is 4.74 Å². The predicted octanol–water partition coefficient (Wildman–Crippen LogP) is 2.16. The number of amides is 1. The summed E-state index contributed by atoms with van der Waals surface area (Å²) in [5.74, 6) is -1.06. The lowest BCUT2D eigenvalue weighted by molar-refractivity contribution is -0.146. The Morgan fingerprint density at radius 2 is 2.00 bits per heavy atom. The maximum atomic E-state index is 13.3. The lowest BCUT2D eigenvalue weighted by Crippen LogP contribution is -2.50. The molecule has 0 radical (unpaired) electrons. The summed E-state index contributed by atoms with van der Waals surface area (Å²) in [6.45, 7) is 0.693. The molecule has 1 saturated heterocycles. The zero-order chi connectivity index (χ0) is 25.0. The highest BCUT2D eigenvalue weighted by Crippen LogP contribution is 2.31. The van der Waals surface area contributed by atoms with Crippen LogP contribution in [0.1, 0.15) is 29.3 Å². The van der Waals surface area contributed by atoms with Crippen molar-refractivity contribution < 1.29 is 27.8 Å². The van der Waals surface area contributed by atoms with Gasteiger partial charge in [0.05, 0.1) is 12.8 Å². The normalized spacial score (nSPS) is 18.5. The first-order valence-electron chi connectivity index (χ1n) is 11.0. The molecular weight excluding hydrogens is 465 g/mol. The topological polar surface area (TPSA) is 105 Å². The van der Waals surface area contributed by atoms with E-state index in [1.807, 2.05) is 30.3 Å². The number of likely N-dealkylation sites (tertiary alicyclic amines) is 1. The fraction of sp³-hybridized carbons (Fsp3) is 0.391. The standard InChI is InChI=1S/C23H25F3N6O3/c1-35-20-8-7-17(32-22(23(24,25)26)28-29-30-32)11-16(20)12-27-19-9-10-31(21(34)14-33)13-18(19)15-5-3-2-4-6-15/h2-8,11,18-19,27,33H,9-10,12-14H2,1H3/t18-,19-/m1/s1. The Hall–Kier alpha value is -3.51. The third-order valence-electron chi connectivity index (χ3n) is 6.11. The number of rotatable bonds is 7. The molecule has 0 bridgehead atoms. The number of tetrazole rings is 1. The molecule has 35 heavy (non-hydrogen) atoms. The van der Waals surface area contributed by atoms with Gasteiger partial charge in [0.15, 0.2) is 0 Å². The van der Waals surface area contributed by atoms with Gasteiger partial charge in [-0.2, -0.15) is 17.9 Å². The van der Waals surface area contributed by atoms with Gasteiger partial charge in [-0.15, -0.1) is 5.10 Å². The molecule has 2 heterocycles. The fourth-order valence-electron chi connectivity index (χ4n) is 4.37. The van der Waals surface area contributed by atoms with E-state index < -0.39 is 18.6 Å². The first-order chi connectivity index (χ1) is 16.8. The molecule has 9 nitrogen and oxygen atoms in total. The first-order valence-corrected chi connectivity index (χ1v) is 11.0. The Bertz CT molecular complexity index is 1150.